The first kappa shape index (κ1) is 10.5. The van der Waals surface area contributed by atoms with Gasteiger partial charge in [-0.25, -0.2) is 4.79 Å². The summed E-state index contributed by atoms with van der Waals surface area (Å²) in [5.74, 6) is -0.299. The number of hydrogen-bond donors (Lipinski definition) is 0. The summed E-state index contributed by atoms with van der Waals surface area (Å²) in [6, 6.07) is 7.84. The molecule has 0 atom stereocenters. The Balaban J connectivity index is 2.45. The van der Waals surface area contributed by atoms with Crippen LogP contribution in [0.4, 0.5) is 0 Å². The quantitative estimate of drug-likeness (QED) is 0.557. The van der Waals surface area contributed by atoms with Crippen molar-refractivity contribution in [2.24, 2.45) is 0 Å². The van der Waals surface area contributed by atoms with Gasteiger partial charge in [0.15, 0.2) is 0 Å². The fourth-order valence-corrected chi connectivity index (χ4v) is 1.63. The summed E-state index contributed by atoms with van der Waals surface area (Å²) in [4.78, 5) is 11.1. The van der Waals surface area contributed by atoms with Gasteiger partial charge in [0.2, 0.25) is 6.20 Å². The topological polar surface area (TPSA) is 43.1 Å². The van der Waals surface area contributed by atoms with Gasteiger partial charge in [-0.05, 0) is 13.0 Å². The SMILES string of the molecule is COC(=O)C[n+]1cc(C)c2ccccc2n1. The van der Waals surface area contributed by atoms with Crippen LogP contribution in [-0.2, 0) is 16.1 Å². The first-order valence-electron chi connectivity index (χ1n) is 5.03. The highest BCUT2D eigenvalue weighted by Crippen LogP contribution is 2.12. The van der Waals surface area contributed by atoms with Crippen LogP contribution in [0.2, 0.25) is 0 Å². The van der Waals surface area contributed by atoms with Gasteiger partial charge < -0.3 is 4.74 Å². The van der Waals surface area contributed by atoms with E-state index in [1.54, 1.807) is 4.68 Å². The third-order valence-corrected chi connectivity index (χ3v) is 2.43. The van der Waals surface area contributed by atoms with E-state index < -0.39 is 0 Å². The van der Waals surface area contributed by atoms with Crippen molar-refractivity contribution in [3.63, 3.8) is 0 Å². The second kappa shape index (κ2) is 4.26. The molecule has 0 unspecified atom stereocenters. The normalized spacial score (nSPS) is 10.4. The number of esters is 1. The fraction of sp³-hybridized carbons (Fsp3) is 0.250. The lowest BCUT2D eigenvalue weighted by Gasteiger charge is -1.99. The summed E-state index contributed by atoms with van der Waals surface area (Å²) in [5.41, 5.74) is 1.97. The number of fused-ring (bicyclic) bond motifs is 1. The molecule has 0 aliphatic rings. The Bertz CT molecular complexity index is 538. The molecule has 0 fully saturated rings. The van der Waals surface area contributed by atoms with Crippen molar-refractivity contribution in [1.29, 1.82) is 0 Å². The van der Waals surface area contributed by atoms with Crippen LogP contribution < -0.4 is 4.68 Å². The maximum Gasteiger partial charge on any atom is 0.374 e. The number of hydrogen-bond acceptors (Lipinski definition) is 3. The molecule has 0 N–H and O–H groups in total. The Morgan fingerprint density at radius 3 is 2.94 bits per heavy atom. The van der Waals surface area contributed by atoms with Crippen LogP contribution in [0, 0.1) is 6.92 Å². The Morgan fingerprint density at radius 1 is 1.44 bits per heavy atom. The average Bonchev–Trinajstić information content (AvgIpc) is 2.29. The summed E-state index contributed by atoms with van der Waals surface area (Å²) in [6.07, 6.45) is 1.85. The number of carbonyl (C=O) groups is 1. The van der Waals surface area contributed by atoms with Gasteiger partial charge in [-0.1, -0.05) is 22.9 Å². The molecule has 16 heavy (non-hydrogen) atoms. The van der Waals surface area contributed by atoms with E-state index >= 15 is 0 Å². The molecular formula is C12H13N2O2+. The average molecular weight is 217 g/mol. The fourth-order valence-electron chi connectivity index (χ4n) is 1.63. The van der Waals surface area contributed by atoms with Crippen LogP contribution in [-0.4, -0.2) is 18.2 Å². The molecule has 2 aromatic rings. The van der Waals surface area contributed by atoms with Crippen molar-refractivity contribution in [1.82, 2.24) is 5.10 Å². The van der Waals surface area contributed by atoms with E-state index in [9.17, 15) is 4.79 Å². The molecular weight excluding hydrogens is 204 g/mol. The summed E-state index contributed by atoms with van der Waals surface area (Å²) >= 11 is 0. The van der Waals surface area contributed by atoms with Gasteiger partial charge >= 0.3 is 5.97 Å². The number of aromatic nitrogens is 2. The van der Waals surface area contributed by atoms with Crippen LogP contribution in [0.25, 0.3) is 10.9 Å². The molecule has 1 aromatic heterocycles. The molecule has 0 amide bonds. The van der Waals surface area contributed by atoms with Gasteiger partial charge in [-0.2, -0.15) is 0 Å². The van der Waals surface area contributed by atoms with E-state index in [4.69, 9.17) is 0 Å². The highest BCUT2D eigenvalue weighted by molar-refractivity contribution is 5.80. The van der Waals surface area contributed by atoms with E-state index in [-0.39, 0.29) is 12.5 Å². The minimum absolute atomic E-state index is 0.141. The summed E-state index contributed by atoms with van der Waals surface area (Å²) < 4.78 is 6.21. The second-order valence-corrected chi connectivity index (χ2v) is 3.60. The van der Waals surface area contributed by atoms with Gasteiger partial charge in [-0.3, -0.25) is 0 Å². The zero-order valence-corrected chi connectivity index (χ0v) is 9.30. The third kappa shape index (κ3) is 2.00. The van der Waals surface area contributed by atoms with Crippen molar-refractivity contribution in [2.75, 3.05) is 7.11 Å². The molecule has 2 rings (SSSR count). The maximum absolute atomic E-state index is 11.1. The molecule has 0 aliphatic carbocycles. The van der Waals surface area contributed by atoms with Crippen molar-refractivity contribution < 1.29 is 14.2 Å². The first-order valence-corrected chi connectivity index (χ1v) is 5.03. The van der Waals surface area contributed by atoms with E-state index in [2.05, 4.69) is 9.84 Å². The lowest BCUT2D eigenvalue weighted by atomic mass is 10.1. The lowest BCUT2D eigenvalue weighted by Crippen LogP contribution is -2.42. The molecule has 0 bridgehead atoms. The van der Waals surface area contributed by atoms with E-state index in [1.807, 2.05) is 37.4 Å². The maximum atomic E-state index is 11.1. The first-order chi connectivity index (χ1) is 7.70. The predicted octanol–water partition coefficient (Wildman–Crippen LogP) is 1.00. The van der Waals surface area contributed by atoms with Crippen molar-refractivity contribution >= 4 is 16.9 Å². The van der Waals surface area contributed by atoms with Crippen LogP contribution in [0.5, 0.6) is 0 Å². The number of rotatable bonds is 2. The van der Waals surface area contributed by atoms with Gasteiger partial charge in [0.1, 0.15) is 5.52 Å². The summed E-state index contributed by atoms with van der Waals surface area (Å²) in [7, 11) is 1.37. The van der Waals surface area contributed by atoms with Gasteiger partial charge in [0, 0.05) is 16.0 Å². The number of carbonyl (C=O) groups excluding carboxylic acids is 1. The van der Waals surface area contributed by atoms with Crippen molar-refractivity contribution in [3.8, 4) is 0 Å². The zero-order valence-electron chi connectivity index (χ0n) is 9.30. The van der Waals surface area contributed by atoms with E-state index in [0.717, 1.165) is 16.5 Å². The minimum atomic E-state index is -0.299. The predicted molar refractivity (Wildman–Crippen MR) is 58.7 cm³/mol. The largest absolute Gasteiger partial charge is 0.464 e. The van der Waals surface area contributed by atoms with E-state index in [0.29, 0.717) is 0 Å². The van der Waals surface area contributed by atoms with Gasteiger partial charge in [-0.15, -0.1) is 0 Å². The number of nitrogens with zero attached hydrogens (tertiary/aromatic N) is 2. The van der Waals surface area contributed by atoms with Crippen molar-refractivity contribution in [3.05, 3.63) is 36.0 Å². The second-order valence-electron chi connectivity index (χ2n) is 3.60. The Kier molecular flexibility index (Phi) is 2.81. The molecule has 0 saturated carbocycles. The molecule has 0 spiro atoms. The Morgan fingerprint density at radius 2 is 2.19 bits per heavy atom. The molecule has 1 heterocycles. The zero-order chi connectivity index (χ0) is 11.5. The number of aryl methyl sites for hydroxylation is 1. The molecule has 4 nitrogen and oxygen atoms in total. The van der Waals surface area contributed by atoms with Crippen molar-refractivity contribution in [2.45, 2.75) is 13.5 Å². The smallest absolute Gasteiger partial charge is 0.374 e. The Hall–Kier alpha value is -1.97. The van der Waals surface area contributed by atoms with Crippen LogP contribution in [0.1, 0.15) is 5.56 Å². The Labute approximate surface area is 93.5 Å². The lowest BCUT2D eigenvalue weighted by molar-refractivity contribution is -0.741. The standard InChI is InChI=1S/C12H13N2O2/c1-9-7-14(8-12(15)16-2)13-11-6-4-3-5-10(9)11/h3-7H,8H2,1-2H3/q+1. The third-order valence-electron chi connectivity index (χ3n) is 2.43. The van der Waals surface area contributed by atoms with Gasteiger partial charge in [0.05, 0.1) is 7.11 Å². The summed E-state index contributed by atoms with van der Waals surface area (Å²) in [5, 5.41) is 5.44. The highest BCUT2D eigenvalue weighted by atomic mass is 16.5. The molecule has 0 radical (unpaired) electrons. The number of ether oxygens (including phenoxy) is 1. The monoisotopic (exact) mass is 217 g/mol. The molecule has 82 valence electrons. The summed E-state index contributed by atoms with van der Waals surface area (Å²) in [6.45, 7) is 2.14. The number of benzene rings is 1. The molecule has 1 aromatic carbocycles. The van der Waals surface area contributed by atoms with Crippen LogP contribution >= 0.6 is 0 Å². The van der Waals surface area contributed by atoms with Gasteiger partial charge in [0.25, 0.3) is 6.54 Å². The van der Waals surface area contributed by atoms with Crippen LogP contribution in [0.15, 0.2) is 30.5 Å². The number of methoxy groups -OCH3 is 1. The highest BCUT2D eigenvalue weighted by Gasteiger charge is 2.13. The molecule has 4 heteroatoms. The molecule has 0 aliphatic heterocycles. The van der Waals surface area contributed by atoms with E-state index in [1.165, 1.54) is 7.11 Å². The molecule has 0 saturated heterocycles. The van der Waals surface area contributed by atoms with Crippen LogP contribution in [0.3, 0.4) is 0 Å². The minimum Gasteiger partial charge on any atom is -0.464 e.